The average molecular weight is 479 g/mol. The molecule has 0 N–H and O–H groups in total. The van der Waals surface area contributed by atoms with Crippen LogP contribution in [-0.4, -0.2) is 7.63 Å². The van der Waals surface area contributed by atoms with Crippen LogP contribution in [0.2, 0.25) is 10.5 Å². The first-order valence-corrected chi connectivity index (χ1v) is 19.2. The van der Waals surface area contributed by atoms with Crippen molar-refractivity contribution in [1.29, 1.82) is 0 Å². The molecule has 2 aliphatic rings. The van der Waals surface area contributed by atoms with Gasteiger partial charge in [-0.05, 0) is 0 Å². The van der Waals surface area contributed by atoms with Gasteiger partial charge >= 0.3 is 166 Å². The molecule has 0 saturated heterocycles. The number of hydrogen-bond donors (Lipinski definition) is 0. The molecule has 0 saturated carbocycles. The molecule has 0 bridgehead atoms. The number of hydrogen-bond acceptors (Lipinski definition) is 0. The Morgan fingerprint density at radius 3 is 1.25 bits per heavy atom. The van der Waals surface area contributed by atoms with Crippen LogP contribution in [0.5, 0.6) is 0 Å². The Hall–Kier alpha value is 0.471. The number of halogens is 2. The maximum atomic E-state index is 2.70. The first kappa shape index (κ1) is 28.5. The Bertz CT molecular complexity index is 741. The topological polar surface area (TPSA) is 0 Å². The van der Waals surface area contributed by atoms with Gasteiger partial charge < -0.3 is 0 Å². The Morgan fingerprint density at radius 2 is 1.04 bits per heavy atom. The predicted molar refractivity (Wildman–Crippen MR) is 134 cm³/mol. The van der Waals surface area contributed by atoms with E-state index in [0.29, 0.717) is 0 Å². The zero-order chi connectivity index (χ0) is 20.2. The van der Waals surface area contributed by atoms with Crippen molar-refractivity contribution in [3.05, 3.63) is 42.2 Å². The normalized spacial score (nSPS) is 18.7. The van der Waals surface area contributed by atoms with Gasteiger partial charge in [0.25, 0.3) is 0 Å². The van der Waals surface area contributed by atoms with Gasteiger partial charge in [-0.25, -0.2) is 0 Å². The largest absolute Gasteiger partial charge is 0.147 e. The standard InChI is InChI=1S/2C11H17.2CH3.2ClH.H2Si.Ti/c2*1-5-9-6-7-10(8-9)11(2,3)4;;;;;;/h2*8H,5,7H2,1-4H3;2*1H3;2*1H;1H2;. The molecule has 28 heavy (non-hydrogen) atoms. The van der Waals surface area contributed by atoms with E-state index < -0.39 is 14.0 Å². The minimum absolute atomic E-state index is 0. The summed E-state index contributed by atoms with van der Waals surface area (Å²) in [5.74, 6) is 0. The fourth-order valence-electron chi connectivity index (χ4n) is 4.68. The van der Waals surface area contributed by atoms with Gasteiger partial charge in [-0.15, -0.1) is 24.8 Å². The Labute approximate surface area is 190 Å². The molecule has 0 aliphatic heterocycles. The summed E-state index contributed by atoms with van der Waals surface area (Å²) < 4.78 is 3.72. The Kier molecular flexibility index (Phi) is 9.06. The smallest absolute Gasteiger partial charge is 0.147 e. The molecule has 2 rings (SSSR count). The van der Waals surface area contributed by atoms with Crippen LogP contribution in [0, 0.1) is 10.8 Å². The van der Waals surface area contributed by atoms with Gasteiger partial charge in [0.05, 0.1) is 0 Å². The molecule has 0 spiro atoms. The zero-order valence-corrected chi connectivity index (χ0v) is 24.6. The maximum absolute atomic E-state index is 2.89. The number of allylic oxidation sites excluding steroid dienone is 8. The molecule has 2 aliphatic carbocycles. The minimum Gasteiger partial charge on any atom is -0.147 e. The molecule has 0 radical (unpaired) electrons. The van der Waals surface area contributed by atoms with Crippen LogP contribution in [-0.2, 0) is 14.0 Å². The Balaban J connectivity index is 0.00000364. The summed E-state index contributed by atoms with van der Waals surface area (Å²) in [6.07, 6.45) is 9.96. The Morgan fingerprint density at radius 1 is 0.750 bits per heavy atom. The third-order valence-corrected chi connectivity index (χ3v) is 18.0. The van der Waals surface area contributed by atoms with Gasteiger partial charge in [0.15, 0.2) is 0 Å². The quantitative estimate of drug-likeness (QED) is 0.356. The average Bonchev–Trinajstić information content (AvgIpc) is 3.10. The SMILES string of the molecule is CCC1=[C]([Ti]([CH3])([CH3])(=[SiH2])[C]2=C(CC)C=C(C(C)(C)C)C2)CC(C(C)(C)C)=C1.Cl.Cl. The van der Waals surface area contributed by atoms with Crippen molar-refractivity contribution in [2.75, 3.05) is 0 Å². The van der Waals surface area contributed by atoms with Crippen LogP contribution in [0.4, 0.5) is 0 Å². The third-order valence-electron chi connectivity index (χ3n) is 6.83. The van der Waals surface area contributed by atoms with Crippen molar-refractivity contribution in [3.8, 4) is 0 Å². The fraction of sp³-hybridized carbons (Fsp3) is 0.667. The predicted octanol–water partition coefficient (Wildman–Crippen LogP) is 8.24. The summed E-state index contributed by atoms with van der Waals surface area (Å²) in [5, 5.41) is 5.40. The fourth-order valence-corrected chi connectivity index (χ4v) is 14.5. The van der Waals surface area contributed by atoms with Crippen LogP contribution in [0.25, 0.3) is 0 Å². The summed E-state index contributed by atoms with van der Waals surface area (Å²) in [7, 11) is 2.42. The molecule has 0 heterocycles. The third kappa shape index (κ3) is 5.39. The molecule has 4 heteroatoms. The van der Waals surface area contributed by atoms with Crippen LogP contribution in [0.3, 0.4) is 0 Å². The molecule has 0 atom stereocenters. The van der Waals surface area contributed by atoms with Gasteiger partial charge in [0.1, 0.15) is 0 Å². The van der Waals surface area contributed by atoms with E-state index in [1.165, 1.54) is 25.7 Å². The van der Waals surface area contributed by atoms with Crippen molar-refractivity contribution in [2.24, 2.45) is 10.8 Å². The van der Waals surface area contributed by atoms with Gasteiger partial charge in [0.2, 0.25) is 0 Å². The number of rotatable bonds is 4. The van der Waals surface area contributed by atoms with Crippen LogP contribution in [0.15, 0.2) is 42.2 Å². The second-order valence-corrected chi connectivity index (χ2v) is 30.6. The molecule has 0 aromatic carbocycles. The monoisotopic (exact) mass is 478 g/mol. The summed E-state index contributed by atoms with van der Waals surface area (Å²) in [6, 6.07) is 0. The van der Waals surface area contributed by atoms with Crippen molar-refractivity contribution >= 4 is 32.4 Å². The molecule has 0 unspecified atom stereocenters. The molecule has 0 nitrogen and oxygen atoms in total. The van der Waals surface area contributed by atoms with Crippen molar-refractivity contribution in [1.82, 2.24) is 0 Å². The minimum atomic E-state index is -2.89. The molecular weight excluding hydrogens is 435 g/mol. The molecule has 0 aromatic rings. The maximum Gasteiger partial charge on any atom is -0.147 e. The molecule has 0 aromatic heterocycles. The summed E-state index contributed by atoms with van der Waals surface area (Å²) >= 11 is -2.89. The van der Waals surface area contributed by atoms with E-state index in [-0.39, 0.29) is 35.6 Å². The van der Waals surface area contributed by atoms with Gasteiger partial charge in [-0.1, -0.05) is 0 Å². The van der Waals surface area contributed by atoms with E-state index in [1.807, 2.05) is 7.76 Å². The first-order valence-electron chi connectivity index (χ1n) is 10.5. The van der Waals surface area contributed by atoms with Crippen LogP contribution in [0.1, 0.15) is 81.1 Å². The van der Waals surface area contributed by atoms with E-state index >= 15 is 0 Å². The van der Waals surface area contributed by atoms with Crippen LogP contribution < -0.4 is 0 Å². The molecular formula is C24H44Cl2SiTi. The van der Waals surface area contributed by atoms with E-state index in [4.69, 9.17) is 0 Å². The zero-order valence-electron chi connectivity index (χ0n) is 20.0. The van der Waals surface area contributed by atoms with Crippen molar-refractivity contribution < 1.29 is 14.0 Å². The van der Waals surface area contributed by atoms with Gasteiger partial charge in [-0.3, -0.25) is 0 Å². The van der Waals surface area contributed by atoms with E-state index in [9.17, 15) is 0 Å². The summed E-state index contributed by atoms with van der Waals surface area (Å²) in [4.78, 5) is 0. The second-order valence-electron chi connectivity index (χ2n) is 11.6. The van der Waals surface area contributed by atoms with Crippen molar-refractivity contribution in [2.45, 2.75) is 91.5 Å². The van der Waals surface area contributed by atoms with Gasteiger partial charge in [-0.2, -0.15) is 0 Å². The van der Waals surface area contributed by atoms with E-state index in [0.717, 1.165) is 0 Å². The van der Waals surface area contributed by atoms with Gasteiger partial charge in [0, 0.05) is 0 Å². The second kappa shape index (κ2) is 8.91. The van der Waals surface area contributed by atoms with E-state index in [2.05, 4.69) is 85.6 Å². The van der Waals surface area contributed by atoms with Crippen molar-refractivity contribution in [3.63, 3.8) is 0 Å². The molecule has 162 valence electrons. The van der Waals surface area contributed by atoms with E-state index in [1.54, 1.807) is 22.3 Å². The molecule has 0 fully saturated rings. The van der Waals surface area contributed by atoms with Crippen LogP contribution >= 0.6 is 24.8 Å². The summed E-state index contributed by atoms with van der Waals surface area (Å²) in [5.41, 5.74) is 7.20. The molecule has 0 amide bonds. The first-order chi connectivity index (χ1) is 11.6. The summed E-state index contributed by atoms with van der Waals surface area (Å²) in [6.45, 7) is 19.0.